The first-order chi connectivity index (χ1) is 16.9. The molecule has 35 heavy (non-hydrogen) atoms. The molecule has 0 aliphatic heterocycles. The maximum absolute atomic E-state index is 13.7. The highest BCUT2D eigenvalue weighted by Gasteiger charge is 2.41. The van der Waals surface area contributed by atoms with Crippen LogP contribution in [0.5, 0.6) is 0 Å². The Balaban J connectivity index is 1.46. The molecule has 1 fully saturated rings. The summed E-state index contributed by atoms with van der Waals surface area (Å²) in [4.78, 5) is 9.25. The zero-order valence-electron chi connectivity index (χ0n) is 19.0. The first kappa shape index (κ1) is 24.0. The Morgan fingerprint density at radius 3 is 2.77 bits per heavy atom. The van der Waals surface area contributed by atoms with Gasteiger partial charge in [0.05, 0.1) is 0 Å². The van der Waals surface area contributed by atoms with E-state index >= 15 is 0 Å². The van der Waals surface area contributed by atoms with Gasteiger partial charge in [-0.3, -0.25) is 0 Å². The van der Waals surface area contributed by atoms with Crippen LogP contribution in [0.3, 0.4) is 0 Å². The van der Waals surface area contributed by atoms with Crippen LogP contribution in [0.1, 0.15) is 43.7 Å². The Hall–Kier alpha value is -2.67. The minimum atomic E-state index is -1.15. The lowest BCUT2D eigenvalue weighted by Gasteiger charge is -2.17. The molecule has 5 rings (SSSR count). The van der Waals surface area contributed by atoms with Gasteiger partial charge in [0.25, 0.3) is 0 Å². The zero-order valence-corrected chi connectivity index (χ0v) is 19.8. The maximum Gasteiger partial charge on any atom is 0.191 e. The van der Waals surface area contributed by atoms with Crippen molar-refractivity contribution >= 4 is 28.7 Å². The molecule has 5 atom stereocenters. The van der Waals surface area contributed by atoms with E-state index in [4.69, 9.17) is 0 Å². The van der Waals surface area contributed by atoms with Gasteiger partial charge in [-0.15, -0.1) is 5.10 Å². The number of fused-ring (bicyclic) bond motifs is 1. The Morgan fingerprint density at radius 1 is 1.20 bits per heavy atom. The van der Waals surface area contributed by atoms with Crippen LogP contribution in [0.25, 0.3) is 11.2 Å². The molecule has 2 aliphatic rings. The number of aliphatic hydroxyl groups is 3. The van der Waals surface area contributed by atoms with Crippen molar-refractivity contribution in [1.29, 1.82) is 0 Å². The molecule has 2 aromatic heterocycles. The zero-order chi connectivity index (χ0) is 24.7. The van der Waals surface area contributed by atoms with Gasteiger partial charge in [-0.25, -0.2) is 23.4 Å². The first-order valence-electron chi connectivity index (χ1n) is 11.6. The van der Waals surface area contributed by atoms with Gasteiger partial charge in [0.15, 0.2) is 33.8 Å². The van der Waals surface area contributed by atoms with Crippen molar-refractivity contribution in [3.05, 3.63) is 47.0 Å². The summed E-state index contributed by atoms with van der Waals surface area (Å²) in [6, 6.07) is 3.20. The van der Waals surface area contributed by atoms with Crippen LogP contribution in [0.2, 0.25) is 0 Å². The van der Waals surface area contributed by atoms with E-state index in [1.165, 1.54) is 22.5 Å². The molecule has 2 aliphatic carbocycles. The van der Waals surface area contributed by atoms with Crippen LogP contribution >= 0.6 is 11.8 Å². The highest BCUT2D eigenvalue weighted by atomic mass is 32.2. The summed E-state index contributed by atoms with van der Waals surface area (Å²) < 4.78 is 28.5. The SMILES string of the molecule is CCCSc1nc(N[C@@H]2C[C@H]2c2ccc(F)c(F)c2)c2nnn([C@@H]3C=C(CCO)[C@@H](O)[C@H]3O)c2n1. The highest BCUT2D eigenvalue weighted by Crippen LogP contribution is 2.44. The Labute approximate surface area is 204 Å². The van der Waals surface area contributed by atoms with Crippen molar-refractivity contribution in [2.24, 2.45) is 0 Å². The molecule has 12 heteroatoms. The van der Waals surface area contributed by atoms with Crippen molar-refractivity contribution in [2.45, 2.75) is 61.6 Å². The summed E-state index contributed by atoms with van der Waals surface area (Å²) in [5.74, 6) is -0.459. The van der Waals surface area contributed by atoms with E-state index in [1.807, 2.05) is 0 Å². The predicted octanol–water partition coefficient (Wildman–Crippen LogP) is 2.55. The third-order valence-corrected chi connectivity index (χ3v) is 7.40. The highest BCUT2D eigenvalue weighted by molar-refractivity contribution is 7.99. The lowest BCUT2D eigenvalue weighted by molar-refractivity contribution is 0.0279. The lowest BCUT2D eigenvalue weighted by Crippen LogP contribution is -2.30. The molecule has 0 bridgehead atoms. The number of rotatable bonds is 9. The van der Waals surface area contributed by atoms with E-state index in [0.29, 0.717) is 33.3 Å². The summed E-state index contributed by atoms with van der Waals surface area (Å²) in [5, 5.41) is 42.6. The lowest BCUT2D eigenvalue weighted by atomic mass is 10.1. The van der Waals surface area contributed by atoms with Crippen LogP contribution in [-0.2, 0) is 0 Å². The third kappa shape index (κ3) is 4.63. The predicted molar refractivity (Wildman–Crippen MR) is 126 cm³/mol. The maximum atomic E-state index is 13.7. The Morgan fingerprint density at radius 2 is 2.03 bits per heavy atom. The van der Waals surface area contributed by atoms with E-state index in [0.717, 1.165) is 24.7 Å². The number of aliphatic hydroxyl groups excluding tert-OH is 3. The summed E-state index contributed by atoms with van der Waals surface area (Å²) in [6.45, 7) is 1.91. The van der Waals surface area contributed by atoms with Crippen molar-refractivity contribution in [2.75, 3.05) is 17.7 Å². The van der Waals surface area contributed by atoms with Crippen LogP contribution < -0.4 is 5.32 Å². The third-order valence-electron chi connectivity index (χ3n) is 6.34. The second-order valence-electron chi connectivity index (χ2n) is 8.82. The second kappa shape index (κ2) is 9.76. The van der Waals surface area contributed by atoms with Crippen LogP contribution in [0.15, 0.2) is 35.0 Å². The molecule has 0 unspecified atom stereocenters. The number of aromatic nitrogens is 5. The summed E-state index contributed by atoms with van der Waals surface area (Å²) >= 11 is 1.48. The van der Waals surface area contributed by atoms with Crippen LogP contribution in [0.4, 0.5) is 14.6 Å². The van der Waals surface area contributed by atoms with E-state index in [1.54, 1.807) is 12.1 Å². The number of hydrogen-bond donors (Lipinski definition) is 4. The van der Waals surface area contributed by atoms with Crippen LogP contribution in [0, 0.1) is 11.6 Å². The molecule has 2 heterocycles. The largest absolute Gasteiger partial charge is 0.396 e. The van der Waals surface area contributed by atoms with E-state index in [9.17, 15) is 24.1 Å². The molecular formula is C23H26F2N6O3S. The van der Waals surface area contributed by atoms with Crippen molar-refractivity contribution in [3.8, 4) is 0 Å². The molecule has 9 nitrogen and oxygen atoms in total. The molecule has 4 N–H and O–H groups in total. The van der Waals surface area contributed by atoms with Gasteiger partial charge in [0.2, 0.25) is 0 Å². The number of halogens is 2. The van der Waals surface area contributed by atoms with Gasteiger partial charge in [-0.05, 0) is 42.5 Å². The first-order valence-corrected chi connectivity index (χ1v) is 12.5. The summed E-state index contributed by atoms with van der Waals surface area (Å²) in [7, 11) is 0. The summed E-state index contributed by atoms with van der Waals surface area (Å²) in [5.41, 5.74) is 2.06. The second-order valence-corrected chi connectivity index (χ2v) is 9.88. The fourth-order valence-electron chi connectivity index (χ4n) is 4.41. The van der Waals surface area contributed by atoms with Gasteiger partial charge in [0.1, 0.15) is 18.2 Å². The molecule has 186 valence electrons. The molecule has 0 amide bonds. The van der Waals surface area contributed by atoms with Gasteiger partial charge in [0, 0.05) is 24.3 Å². The standard InChI is InChI=1S/C23H26F2N6O3S/c1-2-7-35-23-27-21(26-16-10-13(16)11-3-4-14(24)15(25)8-11)18-22(28-23)31(30-29-18)17-9-12(5-6-32)19(33)20(17)34/h3-4,8-9,13,16-17,19-20,32-34H,2,5-7,10H2,1H3,(H,26,27,28)/t13-,16+,17+,19+,20-/m0/s1. The fraction of sp³-hybridized carbons (Fsp3) is 0.478. The smallest absolute Gasteiger partial charge is 0.191 e. The fourth-order valence-corrected chi connectivity index (χ4v) is 5.10. The van der Waals surface area contributed by atoms with Gasteiger partial charge in [-0.2, -0.15) is 0 Å². The molecule has 0 saturated heterocycles. The van der Waals surface area contributed by atoms with Crippen molar-refractivity contribution in [3.63, 3.8) is 0 Å². The van der Waals surface area contributed by atoms with Crippen molar-refractivity contribution < 1.29 is 24.1 Å². The number of hydrogen-bond acceptors (Lipinski definition) is 9. The minimum absolute atomic E-state index is 0.00711. The van der Waals surface area contributed by atoms with Gasteiger partial charge >= 0.3 is 0 Å². The van der Waals surface area contributed by atoms with Gasteiger partial charge in [-0.1, -0.05) is 36.0 Å². The number of nitrogens with zero attached hydrogens (tertiary/aromatic N) is 5. The monoisotopic (exact) mass is 504 g/mol. The van der Waals surface area contributed by atoms with E-state index < -0.39 is 29.9 Å². The molecule has 1 saturated carbocycles. The van der Waals surface area contributed by atoms with E-state index in [2.05, 4.69) is 32.5 Å². The molecule has 3 aromatic rings. The van der Waals surface area contributed by atoms with E-state index in [-0.39, 0.29) is 25.0 Å². The van der Waals surface area contributed by atoms with Gasteiger partial charge < -0.3 is 20.6 Å². The molecule has 1 aromatic carbocycles. The van der Waals surface area contributed by atoms with Crippen molar-refractivity contribution in [1.82, 2.24) is 25.0 Å². The molecular weight excluding hydrogens is 478 g/mol. The Bertz CT molecular complexity index is 1270. The quantitative estimate of drug-likeness (QED) is 0.197. The average molecular weight is 505 g/mol. The average Bonchev–Trinajstić information content (AvgIpc) is 3.39. The summed E-state index contributed by atoms with van der Waals surface area (Å²) in [6.07, 6.45) is 1.32. The minimum Gasteiger partial charge on any atom is -0.396 e. The molecule has 0 radical (unpaired) electrons. The number of thioether (sulfide) groups is 1. The number of nitrogens with one attached hydrogen (secondary N) is 1. The Kier molecular flexibility index (Phi) is 6.71. The number of anilines is 1. The number of benzene rings is 1. The topological polar surface area (TPSA) is 129 Å². The normalized spacial score (nSPS) is 25.8. The molecule has 0 spiro atoms. The van der Waals surface area contributed by atoms with Crippen LogP contribution in [-0.4, -0.2) is 70.9 Å².